The number of ether oxygens (including phenoxy) is 1. The fourth-order valence-electron chi connectivity index (χ4n) is 2.60. The molecule has 3 aromatic rings. The summed E-state index contributed by atoms with van der Waals surface area (Å²) in [6.45, 7) is 3.13. The molecule has 2 aromatic carbocycles. The summed E-state index contributed by atoms with van der Waals surface area (Å²) in [7, 11) is 3.93. The van der Waals surface area contributed by atoms with E-state index in [0.717, 1.165) is 28.8 Å². The number of carbonyl (C=O) groups is 1. The molecule has 1 atom stereocenters. The zero-order chi connectivity index (χ0) is 19.2. The van der Waals surface area contributed by atoms with Crippen molar-refractivity contribution in [1.82, 2.24) is 20.2 Å². The Labute approximate surface area is 159 Å². The van der Waals surface area contributed by atoms with Crippen LogP contribution in [-0.4, -0.2) is 54.1 Å². The molecule has 0 spiro atoms. The Morgan fingerprint density at radius 1 is 1.11 bits per heavy atom. The van der Waals surface area contributed by atoms with E-state index in [2.05, 4.69) is 15.3 Å². The Morgan fingerprint density at radius 3 is 2.52 bits per heavy atom. The van der Waals surface area contributed by atoms with E-state index in [1.165, 1.54) is 0 Å². The molecule has 0 aliphatic rings. The molecule has 3 rings (SSSR count). The summed E-state index contributed by atoms with van der Waals surface area (Å²) in [5.74, 6) is 0.518. The number of para-hydroxylation sites is 2. The molecule has 0 aliphatic heterocycles. The first-order valence-electron chi connectivity index (χ1n) is 8.94. The second-order valence-corrected chi connectivity index (χ2v) is 6.62. The maximum Gasteiger partial charge on any atom is 0.260 e. The highest BCUT2D eigenvalue weighted by molar-refractivity contribution is 5.80. The van der Waals surface area contributed by atoms with Crippen molar-refractivity contribution >= 4 is 16.9 Å². The molecule has 1 heterocycles. The number of rotatable bonds is 7. The summed E-state index contributed by atoms with van der Waals surface area (Å²) in [6.07, 6.45) is 1.21. The Hall–Kier alpha value is -2.99. The van der Waals surface area contributed by atoms with Gasteiger partial charge in [-0.05, 0) is 57.4 Å². The van der Waals surface area contributed by atoms with Gasteiger partial charge in [0, 0.05) is 18.7 Å². The molecular formula is C21H24N4O2. The summed E-state index contributed by atoms with van der Waals surface area (Å²) in [6, 6.07) is 15.3. The van der Waals surface area contributed by atoms with Crippen molar-refractivity contribution in [3.8, 4) is 17.0 Å². The molecule has 1 N–H and O–H groups in total. The van der Waals surface area contributed by atoms with Crippen LogP contribution in [-0.2, 0) is 4.79 Å². The minimum Gasteiger partial charge on any atom is -0.481 e. The zero-order valence-electron chi connectivity index (χ0n) is 15.8. The minimum atomic E-state index is -0.557. The third-order valence-corrected chi connectivity index (χ3v) is 4.14. The standard InChI is InChI=1S/C21H24N4O2/c1-15(21(26)22-12-13-25(2)3)27-17-10-8-16(9-11-17)20-14-23-18-6-4-5-7-19(18)24-20/h4-11,14-15H,12-13H2,1-3H3,(H,22,26)/t15-/m1/s1. The Kier molecular flexibility index (Phi) is 5.98. The fourth-order valence-corrected chi connectivity index (χ4v) is 2.60. The van der Waals surface area contributed by atoms with Crippen molar-refractivity contribution in [2.45, 2.75) is 13.0 Å². The first-order chi connectivity index (χ1) is 13.0. The average Bonchev–Trinajstić information content (AvgIpc) is 2.67. The van der Waals surface area contributed by atoms with Gasteiger partial charge in [-0.1, -0.05) is 12.1 Å². The van der Waals surface area contributed by atoms with E-state index in [-0.39, 0.29) is 5.91 Å². The van der Waals surface area contributed by atoms with Crippen molar-refractivity contribution in [2.75, 3.05) is 27.2 Å². The number of hydrogen-bond donors (Lipinski definition) is 1. The Bertz CT molecular complexity index is 909. The van der Waals surface area contributed by atoms with Gasteiger partial charge >= 0.3 is 0 Å². The van der Waals surface area contributed by atoms with Gasteiger partial charge in [0.05, 0.1) is 22.9 Å². The third-order valence-electron chi connectivity index (χ3n) is 4.14. The van der Waals surface area contributed by atoms with E-state index in [1.807, 2.05) is 67.5 Å². The molecule has 0 unspecified atom stereocenters. The largest absolute Gasteiger partial charge is 0.481 e. The number of aromatic nitrogens is 2. The third kappa shape index (κ3) is 5.01. The van der Waals surface area contributed by atoms with E-state index >= 15 is 0 Å². The number of likely N-dealkylation sites (N-methyl/N-ethyl adjacent to an activating group) is 1. The van der Waals surface area contributed by atoms with E-state index in [0.29, 0.717) is 12.3 Å². The van der Waals surface area contributed by atoms with Crippen LogP contribution in [0.4, 0.5) is 0 Å². The van der Waals surface area contributed by atoms with Crippen molar-refractivity contribution in [1.29, 1.82) is 0 Å². The molecule has 6 nitrogen and oxygen atoms in total. The number of nitrogens with zero attached hydrogens (tertiary/aromatic N) is 3. The van der Waals surface area contributed by atoms with E-state index in [4.69, 9.17) is 4.74 Å². The number of fused-ring (bicyclic) bond motifs is 1. The van der Waals surface area contributed by atoms with Crippen LogP contribution in [0.1, 0.15) is 6.92 Å². The van der Waals surface area contributed by atoms with Crippen molar-refractivity contribution in [2.24, 2.45) is 0 Å². The maximum absolute atomic E-state index is 12.1. The molecule has 1 aromatic heterocycles. The normalized spacial score (nSPS) is 12.1. The van der Waals surface area contributed by atoms with Crippen LogP contribution in [0, 0.1) is 0 Å². The van der Waals surface area contributed by atoms with Gasteiger partial charge in [-0.15, -0.1) is 0 Å². The highest BCUT2D eigenvalue weighted by Gasteiger charge is 2.14. The first kappa shape index (κ1) is 18.8. The molecule has 0 saturated heterocycles. The Balaban J connectivity index is 1.63. The summed E-state index contributed by atoms with van der Waals surface area (Å²) in [5.41, 5.74) is 3.48. The van der Waals surface area contributed by atoms with E-state index < -0.39 is 6.10 Å². The predicted molar refractivity (Wildman–Crippen MR) is 107 cm³/mol. The van der Waals surface area contributed by atoms with Crippen LogP contribution in [0.3, 0.4) is 0 Å². The molecule has 140 valence electrons. The Morgan fingerprint density at radius 2 is 1.81 bits per heavy atom. The van der Waals surface area contributed by atoms with Crippen LogP contribution >= 0.6 is 0 Å². The molecule has 0 bridgehead atoms. The molecule has 0 fully saturated rings. The van der Waals surface area contributed by atoms with Gasteiger partial charge < -0.3 is 15.0 Å². The van der Waals surface area contributed by atoms with Crippen LogP contribution < -0.4 is 10.1 Å². The molecule has 0 aliphatic carbocycles. The SMILES string of the molecule is C[C@@H](Oc1ccc(-c2cnc3ccccc3n2)cc1)C(=O)NCCN(C)C. The van der Waals surface area contributed by atoms with Gasteiger partial charge in [0.15, 0.2) is 6.10 Å². The van der Waals surface area contributed by atoms with Crippen molar-refractivity contribution in [3.63, 3.8) is 0 Å². The fraction of sp³-hybridized carbons (Fsp3) is 0.286. The average molecular weight is 364 g/mol. The van der Waals surface area contributed by atoms with Gasteiger partial charge in [0.25, 0.3) is 5.91 Å². The lowest BCUT2D eigenvalue weighted by molar-refractivity contribution is -0.127. The topological polar surface area (TPSA) is 67.3 Å². The van der Waals surface area contributed by atoms with Gasteiger partial charge in [-0.2, -0.15) is 0 Å². The highest BCUT2D eigenvalue weighted by Crippen LogP contribution is 2.22. The number of hydrogen-bond acceptors (Lipinski definition) is 5. The molecule has 6 heteroatoms. The summed E-state index contributed by atoms with van der Waals surface area (Å²) in [5, 5.41) is 2.86. The number of nitrogens with one attached hydrogen (secondary N) is 1. The lowest BCUT2D eigenvalue weighted by Gasteiger charge is -2.16. The lowest BCUT2D eigenvalue weighted by atomic mass is 10.1. The van der Waals surface area contributed by atoms with Crippen molar-refractivity contribution < 1.29 is 9.53 Å². The second kappa shape index (κ2) is 8.60. The highest BCUT2D eigenvalue weighted by atomic mass is 16.5. The number of carbonyl (C=O) groups excluding carboxylic acids is 1. The second-order valence-electron chi connectivity index (χ2n) is 6.62. The van der Waals surface area contributed by atoms with Crippen LogP contribution in [0.15, 0.2) is 54.7 Å². The quantitative estimate of drug-likeness (QED) is 0.698. The molecule has 1 amide bonds. The molecule has 27 heavy (non-hydrogen) atoms. The van der Waals surface area contributed by atoms with Gasteiger partial charge in [-0.3, -0.25) is 9.78 Å². The monoisotopic (exact) mass is 364 g/mol. The van der Waals surface area contributed by atoms with Crippen LogP contribution in [0.5, 0.6) is 5.75 Å². The molecular weight excluding hydrogens is 340 g/mol. The van der Waals surface area contributed by atoms with E-state index in [9.17, 15) is 4.79 Å². The summed E-state index contributed by atoms with van der Waals surface area (Å²) in [4.78, 5) is 23.2. The van der Waals surface area contributed by atoms with Crippen LogP contribution in [0.2, 0.25) is 0 Å². The summed E-state index contributed by atoms with van der Waals surface area (Å²) >= 11 is 0. The maximum atomic E-state index is 12.1. The predicted octanol–water partition coefficient (Wildman–Crippen LogP) is 2.74. The van der Waals surface area contributed by atoms with Gasteiger partial charge in [0.1, 0.15) is 5.75 Å². The number of benzene rings is 2. The minimum absolute atomic E-state index is 0.124. The van der Waals surface area contributed by atoms with E-state index in [1.54, 1.807) is 13.1 Å². The van der Waals surface area contributed by atoms with Crippen molar-refractivity contribution in [3.05, 3.63) is 54.7 Å². The smallest absolute Gasteiger partial charge is 0.260 e. The molecule has 0 saturated carbocycles. The van der Waals surface area contributed by atoms with Gasteiger partial charge in [0.2, 0.25) is 0 Å². The van der Waals surface area contributed by atoms with Crippen LogP contribution in [0.25, 0.3) is 22.3 Å². The lowest BCUT2D eigenvalue weighted by Crippen LogP contribution is -2.39. The number of amides is 1. The van der Waals surface area contributed by atoms with Gasteiger partial charge in [-0.25, -0.2) is 4.98 Å². The first-order valence-corrected chi connectivity index (χ1v) is 8.94. The molecule has 0 radical (unpaired) electrons. The zero-order valence-corrected chi connectivity index (χ0v) is 15.8. The summed E-state index contributed by atoms with van der Waals surface area (Å²) < 4.78 is 5.73.